The molecule has 39 heavy (non-hydrogen) atoms. The van der Waals surface area contributed by atoms with Gasteiger partial charge >= 0.3 is 6.18 Å². The van der Waals surface area contributed by atoms with Crippen molar-refractivity contribution >= 4 is 10.9 Å². The number of benzene rings is 1. The van der Waals surface area contributed by atoms with E-state index in [1.165, 1.54) is 6.07 Å². The van der Waals surface area contributed by atoms with Gasteiger partial charge in [-0.05, 0) is 67.8 Å². The molecule has 10 heteroatoms. The van der Waals surface area contributed by atoms with Crippen LogP contribution in [0.5, 0.6) is 0 Å². The lowest BCUT2D eigenvalue weighted by Gasteiger charge is -2.33. The van der Waals surface area contributed by atoms with Gasteiger partial charge in [-0.2, -0.15) is 13.2 Å². The molecule has 6 rings (SSSR count). The molecule has 4 heterocycles. The lowest BCUT2D eigenvalue weighted by Crippen LogP contribution is -2.33. The highest BCUT2D eigenvalue weighted by atomic mass is 19.4. The summed E-state index contributed by atoms with van der Waals surface area (Å²) in [5, 5.41) is 8.32. The van der Waals surface area contributed by atoms with E-state index >= 15 is 0 Å². The number of aryl methyl sites for hydroxylation is 1. The van der Waals surface area contributed by atoms with Crippen LogP contribution < -0.4 is 5.56 Å². The van der Waals surface area contributed by atoms with E-state index in [9.17, 15) is 18.0 Å². The van der Waals surface area contributed by atoms with Crippen LogP contribution >= 0.6 is 0 Å². The van der Waals surface area contributed by atoms with Gasteiger partial charge in [0, 0.05) is 49.0 Å². The molecule has 4 aromatic rings. The quantitative estimate of drug-likeness (QED) is 0.345. The number of fused-ring (bicyclic) bond motifs is 1. The maximum Gasteiger partial charge on any atom is 0.418 e. The zero-order chi connectivity index (χ0) is 27.3. The van der Waals surface area contributed by atoms with Gasteiger partial charge in [0.05, 0.1) is 5.56 Å². The van der Waals surface area contributed by atoms with Crippen molar-refractivity contribution in [3.8, 4) is 5.69 Å². The molecule has 3 aromatic heterocycles. The summed E-state index contributed by atoms with van der Waals surface area (Å²) in [5.74, 6) is 1.69. The minimum atomic E-state index is -4.61. The first-order valence-corrected chi connectivity index (χ1v) is 13.7. The second kappa shape index (κ2) is 9.97. The molecule has 2 atom stereocenters. The Morgan fingerprint density at radius 1 is 1.15 bits per heavy atom. The molecule has 7 nitrogen and oxygen atoms in total. The van der Waals surface area contributed by atoms with E-state index in [1.807, 2.05) is 23.7 Å². The van der Waals surface area contributed by atoms with Gasteiger partial charge in [-0.25, -0.2) is 0 Å². The molecule has 0 amide bonds. The van der Waals surface area contributed by atoms with E-state index in [0.29, 0.717) is 29.8 Å². The fourth-order valence-corrected chi connectivity index (χ4v) is 6.29. The number of alkyl halides is 3. The number of piperidine rings is 1. The number of hydrogen-bond donors (Lipinski definition) is 1. The summed E-state index contributed by atoms with van der Waals surface area (Å²) in [6.07, 6.45) is 3.45. The van der Waals surface area contributed by atoms with Crippen LogP contribution in [0.3, 0.4) is 0 Å². The summed E-state index contributed by atoms with van der Waals surface area (Å²) in [7, 11) is 1.90. The fraction of sp³-hybridized carbons (Fsp3) is 0.483. The zero-order valence-electron chi connectivity index (χ0n) is 22.2. The maximum absolute atomic E-state index is 14.3. The number of likely N-dealkylation sites (tertiary alicyclic amines) is 1. The Bertz CT molecular complexity index is 1550. The van der Waals surface area contributed by atoms with Gasteiger partial charge in [-0.1, -0.05) is 25.5 Å². The smallest absolute Gasteiger partial charge is 0.353 e. The molecular weight excluding hydrogens is 505 g/mol. The van der Waals surface area contributed by atoms with E-state index in [0.717, 1.165) is 67.3 Å². The summed E-state index contributed by atoms with van der Waals surface area (Å²) in [6, 6.07) is 8.77. The molecule has 206 valence electrons. The van der Waals surface area contributed by atoms with Crippen molar-refractivity contribution < 1.29 is 13.2 Å². The van der Waals surface area contributed by atoms with Crippen LogP contribution in [-0.2, 0) is 19.8 Å². The van der Waals surface area contributed by atoms with Crippen LogP contribution in [0.1, 0.15) is 67.6 Å². The Morgan fingerprint density at radius 3 is 2.64 bits per heavy atom. The summed E-state index contributed by atoms with van der Waals surface area (Å²) in [6.45, 7) is 4.47. The highest BCUT2D eigenvalue weighted by Crippen LogP contribution is 2.43. The number of nitrogens with one attached hydrogen (secondary N) is 1. The molecule has 1 aliphatic carbocycles. The Balaban J connectivity index is 1.43. The third-order valence-electron chi connectivity index (χ3n) is 8.45. The number of pyridine rings is 1. The normalized spacial score (nSPS) is 19.9. The van der Waals surface area contributed by atoms with Crippen molar-refractivity contribution in [3.63, 3.8) is 0 Å². The average molecular weight is 539 g/mol. The van der Waals surface area contributed by atoms with Crippen molar-refractivity contribution in [2.24, 2.45) is 18.9 Å². The number of aromatic nitrogens is 5. The van der Waals surface area contributed by atoms with Gasteiger partial charge in [0.15, 0.2) is 0 Å². The number of rotatable bonds is 6. The van der Waals surface area contributed by atoms with Crippen LogP contribution in [0.15, 0.2) is 47.7 Å². The van der Waals surface area contributed by atoms with Crippen LogP contribution in [-0.4, -0.2) is 42.3 Å². The molecular formula is C29H33F3N6O. The minimum Gasteiger partial charge on any atom is -0.353 e. The lowest BCUT2D eigenvalue weighted by molar-refractivity contribution is -0.136. The molecule has 2 fully saturated rings. The first-order chi connectivity index (χ1) is 18.7. The third-order valence-corrected chi connectivity index (χ3v) is 8.45. The average Bonchev–Trinajstić information content (AvgIpc) is 3.47. The van der Waals surface area contributed by atoms with E-state index in [4.69, 9.17) is 0 Å². The van der Waals surface area contributed by atoms with Crippen molar-refractivity contribution in [1.82, 2.24) is 29.2 Å². The summed E-state index contributed by atoms with van der Waals surface area (Å²) in [5.41, 5.74) is 0.616. The molecule has 0 spiro atoms. The number of nitrogens with zero attached hydrogens (tertiary/aromatic N) is 5. The fourth-order valence-electron chi connectivity index (χ4n) is 6.29. The maximum atomic E-state index is 14.3. The molecule has 0 bridgehead atoms. The van der Waals surface area contributed by atoms with E-state index in [2.05, 4.69) is 27.0 Å². The Morgan fingerprint density at radius 2 is 1.97 bits per heavy atom. The van der Waals surface area contributed by atoms with E-state index < -0.39 is 17.3 Å². The standard InChI is InChI=1S/C29H33F3N6O/c1-18-6-5-11-37(14-18)15-21-13-23-24(29(30,31)32)16-38(28(39)26(23)34-21)22-10-4-9-20(12-22)25(19-7-3-8-19)27-35-33-17-36(27)2/h4,9-10,12-13,16-19,25,34H,3,5-8,11,14-15H2,1-2H3/t18-,25+/m0/s1. The zero-order valence-corrected chi connectivity index (χ0v) is 22.2. The predicted molar refractivity (Wildman–Crippen MR) is 143 cm³/mol. The van der Waals surface area contributed by atoms with Gasteiger partial charge in [-0.15, -0.1) is 10.2 Å². The number of halogens is 3. The van der Waals surface area contributed by atoms with Crippen LogP contribution in [0.25, 0.3) is 16.6 Å². The molecule has 1 aromatic carbocycles. The van der Waals surface area contributed by atoms with Crippen molar-refractivity contribution in [3.05, 3.63) is 75.9 Å². The summed E-state index contributed by atoms with van der Waals surface area (Å²) >= 11 is 0. The predicted octanol–water partition coefficient (Wildman–Crippen LogP) is 5.63. The molecule has 1 saturated heterocycles. The SMILES string of the molecule is C[C@H]1CCCN(Cc2cc3c(C(F)(F)F)cn(-c4cccc([C@H](c5nncn5C)C5CCC5)c4)c(=O)c3[nH]2)C1. The molecule has 0 unspecified atom stereocenters. The highest BCUT2D eigenvalue weighted by molar-refractivity contribution is 5.84. The second-order valence-electron chi connectivity index (χ2n) is 11.3. The molecule has 1 N–H and O–H groups in total. The van der Waals surface area contributed by atoms with Crippen molar-refractivity contribution in [2.75, 3.05) is 13.1 Å². The van der Waals surface area contributed by atoms with Crippen molar-refractivity contribution in [2.45, 2.75) is 57.7 Å². The molecule has 1 saturated carbocycles. The van der Waals surface area contributed by atoms with Gasteiger partial charge < -0.3 is 9.55 Å². The van der Waals surface area contributed by atoms with Gasteiger partial charge in [0.1, 0.15) is 17.7 Å². The number of H-pyrrole nitrogens is 1. The van der Waals surface area contributed by atoms with Gasteiger partial charge in [-0.3, -0.25) is 14.3 Å². The van der Waals surface area contributed by atoms with E-state index in [-0.39, 0.29) is 16.8 Å². The Labute approximate surface area is 224 Å². The van der Waals surface area contributed by atoms with E-state index in [1.54, 1.807) is 18.5 Å². The monoisotopic (exact) mass is 538 g/mol. The van der Waals surface area contributed by atoms with Crippen LogP contribution in [0.4, 0.5) is 13.2 Å². The second-order valence-corrected chi connectivity index (χ2v) is 11.3. The third kappa shape index (κ3) is 4.90. The van der Waals surface area contributed by atoms with Crippen LogP contribution in [0, 0.1) is 11.8 Å². The molecule has 1 aliphatic heterocycles. The van der Waals surface area contributed by atoms with Gasteiger partial charge in [0.25, 0.3) is 5.56 Å². The minimum absolute atomic E-state index is 0.0147. The lowest BCUT2D eigenvalue weighted by atomic mass is 9.72. The number of hydrogen-bond acceptors (Lipinski definition) is 4. The summed E-state index contributed by atoms with van der Waals surface area (Å²) < 4.78 is 45.9. The first kappa shape index (κ1) is 25.9. The molecule has 0 radical (unpaired) electrons. The molecule has 2 aliphatic rings. The van der Waals surface area contributed by atoms with Gasteiger partial charge in [0.2, 0.25) is 0 Å². The number of aromatic amines is 1. The Kier molecular flexibility index (Phi) is 6.61. The highest BCUT2D eigenvalue weighted by Gasteiger charge is 2.36. The Hall–Kier alpha value is -3.40. The van der Waals surface area contributed by atoms with Crippen LogP contribution in [0.2, 0.25) is 0 Å². The largest absolute Gasteiger partial charge is 0.418 e. The topological polar surface area (TPSA) is 71.7 Å². The first-order valence-electron chi connectivity index (χ1n) is 13.7. The van der Waals surface area contributed by atoms with Crippen molar-refractivity contribution in [1.29, 1.82) is 0 Å². The summed E-state index contributed by atoms with van der Waals surface area (Å²) in [4.78, 5) is 18.9.